The van der Waals surface area contributed by atoms with Gasteiger partial charge in [0.25, 0.3) is 0 Å². The summed E-state index contributed by atoms with van der Waals surface area (Å²) in [6.45, 7) is 7.86. The third-order valence-corrected chi connectivity index (χ3v) is 5.09. The molecule has 2 atom stereocenters. The van der Waals surface area contributed by atoms with Gasteiger partial charge in [-0.15, -0.1) is 0 Å². The molecule has 1 aliphatic rings. The zero-order valence-corrected chi connectivity index (χ0v) is 12.4. The number of hydrogen-bond acceptors (Lipinski definition) is 3. The Balaban J connectivity index is 2.74. The van der Waals surface area contributed by atoms with E-state index in [1.165, 1.54) is 25.0 Å². The maximum Gasteiger partial charge on any atom is 0.0337 e. The number of nitrogens with two attached hydrogens (primary N) is 1. The molecule has 1 aliphatic carbocycles. The van der Waals surface area contributed by atoms with E-state index in [1.807, 2.05) is 11.8 Å². The summed E-state index contributed by atoms with van der Waals surface area (Å²) >= 11 is 1.92. The van der Waals surface area contributed by atoms with E-state index in [0.29, 0.717) is 11.5 Å². The highest BCUT2D eigenvalue weighted by Gasteiger charge is 2.45. The minimum Gasteiger partial charge on any atom is -0.329 e. The van der Waals surface area contributed by atoms with Crippen LogP contribution in [0.3, 0.4) is 0 Å². The minimum absolute atomic E-state index is 0.249. The van der Waals surface area contributed by atoms with Crippen molar-refractivity contribution < 1.29 is 0 Å². The molecule has 0 saturated heterocycles. The molecule has 0 amide bonds. The summed E-state index contributed by atoms with van der Waals surface area (Å²) in [4.78, 5) is 2.54. The first kappa shape index (κ1) is 14.3. The third kappa shape index (κ3) is 2.93. The predicted octanol–water partition coefficient (Wildman–Crippen LogP) is 2.58. The normalized spacial score (nSPS) is 30.9. The third-order valence-electron chi connectivity index (χ3n) is 4.27. The van der Waals surface area contributed by atoms with Crippen LogP contribution in [0.2, 0.25) is 0 Å². The number of likely N-dealkylation sites (N-methyl/N-ethyl adjacent to an activating group) is 1. The molecule has 0 heterocycles. The Morgan fingerprint density at radius 2 is 2.00 bits per heavy atom. The molecule has 0 bridgehead atoms. The van der Waals surface area contributed by atoms with Crippen molar-refractivity contribution in [2.45, 2.75) is 51.6 Å². The second-order valence-corrected chi connectivity index (χ2v) is 7.10. The van der Waals surface area contributed by atoms with Gasteiger partial charge in [-0.1, -0.05) is 13.8 Å². The van der Waals surface area contributed by atoms with E-state index in [-0.39, 0.29) is 5.54 Å². The Hall–Kier alpha value is 0.270. The molecule has 0 radical (unpaired) electrons. The van der Waals surface area contributed by atoms with E-state index < -0.39 is 0 Å². The first-order chi connectivity index (χ1) is 7.37. The highest BCUT2D eigenvalue weighted by molar-refractivity contribution is 7.98. The monoisotopic (exact) mass is 244 g/mol. The Bertz CT molecular complexity index is 230. The molecule has 0 aliphatic heterocycles. The van der Waals surface area contributed by atoms with Crippen LogP contribution in [0.5, 0.6) is 0 Å². The van der Waals surface area contributed by atoms with E-state index in [4.69, 9.17) is 5.73 Å². The van der Waals surface area contributed by atoms with Crippen LogP contribution in [0.25, 0.3) is 0 Å². The quantitative estimate of drug-likeness (QED) is 0.806. The average Bonchev–Trinajstić information content (AvgIpc) is 2.55. The second kappa shape index (κ2) is 5.28. The molecular formula is C13H28N2S. The molecule has 2 N–H and O–H groups in total. The van der Waals surface area contributed by atoms with Crippen molar-refractivity contribution in [2.75, 3.05) is 25.6 Å². The van der Waals surface area contributed by atoms with Gasteiger partial charge in [-0.2, -0.15) is 11.8 Å². The highest BCUT2D eigenvalue weighted by Crippen LogP contribution is 2.46. The second-order valence-electron chi connectivity index (χ2n) is 6.18. The summed E-state index contributed by atoms with van der Waals surface area (Å²) in [7, 11) is 2.26. The fraction of sp³-hybridized carbons (Fsp3) is 1.00. The molecule has 3 heteroatoms. The number of hydrogen-bond donors (Lipinski definition) is 1. The summed E-state index contributed by atoms with van der Waals surface area (Å²) in [5.41, 5.74) is 6.79. The van der Waals surface area contributed by atoms with Gasteiger partial charge < -0.3 is 5.73 Å². The number of nitrogens with zero attached hydrogens (tertiary/aromatic N) is 1. The fourth-order valence-corrected chi connectivity index (χ4v) is 3.78. The van der Waals surface area contributed by atoms with E-state index >= 15 is 0 Å². The van der Waals surface area contributed by atoms with Gasteiger partial charge in [-0.3, -0.25) is 4.90 Å². The smallest absolute Gasteiger partial charge is 0.0337 e. The Labute approximate surface area is 105 Å². The van der Waals surface area contributed by atoms with Gasteiger partial charge >= 0.3 is 0 Å². The van der Waals surface area contributed by atoms with E-state index in [2.05, 4.69) is 39.0 Å². The van der Waals surface area contributed by atoms with Crippen molar-refractivity contribution in [3.8, 4) is 0 Å². The van der Waals surface area contributed by atoms with Gasteiger partial charge in [0, 0.05) is 23.9 Å². The molecule has 0 aromatic rings. The minimum atomic E-state index is 0.249. The molecular weight excluding hydrogens is 216 g/mol. The molecule has 0 aromatic carbocycles. The SMILES string of the molecule is CSCC(C)N(C)C1(CN)CCC(C)(C)C1. The van der Waals surface area contributed by atoms with E-state index in [9.17, 15) is 0 Å². The number of rotatable bonds is 5. The predicted molar refractivity (Wildman–Crippen MR) is 75.0 cm³/mol. The molecule has 16 heavy (non-hydrogen) atoms. The van der Waals surface area contributed by atoms with Gasteiger partial charge in [0.15, 0.2) is 0 Å². The summed E-state index contributed by atoms with van der Waals surface area (Å²) in [5, 5.41) is 0. The van der Waals surface area contributed by atoms with E-state index in [0.717, 1.165) is 6.54 Å². The lowest BCUT2D eigenvalue weighted by Crippen LogP contribution is -2.54. The lowest BCUT2D eigenvalue weighted by Gasteiger charge is -2.42. The van der Waals surface area contributed by atoms with Crippen molar-refractivity contribution in [3.63, 3.8) is 0 Å². The van der Waals surface area contributed by atoms with Crippen LogP contribution in [-0.2, 0) is 0 Å². The Morgan fingerprint density at radius 1 is 1.38 bits per heavy atom. The van der Waals surface area contributed by atoms with Crippen LogP contribution in [0.1, 0.15) is 40.0 Å². The fourth-order valence-electron chi connectivity index (χ4n) is 3.08. The van der Waals surface area contributed by atoms with Crippen molar-refractivity contribution in [1.29, 1.82) is 0 Å². The van der Waals surface area contributed by atoms with Gasteiger partial charge in [-0.25, -0.2) is 0 Å². The van der Waals surface area contributed by atoms with Crippen molar-refractivity contribution >= 4 is 11.8 Å². The summed E-state index contributed by atoms with van der Waals surface area (Å²) < 4.78 is 0. The molecule has 2 unspecified atom stereocenters. The van der Waals surface area contributed by atoms with Crippen LogP contribution < -0.4 is 5.73 Å². The zero-order chi connectivity index (χ0) is 12.4. The molecule has 1 saturated carbocycles. The summed E-state index contributed by atoms with van der Waals surface area (Å²) in [6, 6.07) is 0.618. The lowest BCUT2D eigenvalue weighted by molar-refractivity contribution is 0.0894. The maximum atomic E-state index is 6.08. The first-order valence-corrected chi connectivity index (χ1v) is 7.68. The molecule has 1 rings (SSSR count). The summed E-state index contributed by atoms with van der Waals surface area (Å²) in [6.07, 6.45) is 5.98. The number of thioether (sulfide) groups is 1. The molecule has 0 spiro atoms. The Kier molecular flexibility index (Phi) is 4.73. The molecule has 96 valence electrons. The zero-order valence-electron chi connectivity index (χ0n) is 11.5. The van der Waals surface area contributed by atoms with Crippen LogP contribution in [-0.4, -0.2) is 42.1 Å². The van der Waals surface area contributed by atoms with E-state index in [1.54, 1.807) is 0 Å². The molecule has 2 nitrogen and oxygen atoms in total. The topological polar surface area (TPSA) is 29.3 Å². The molecule has 1 fully saturated rings. The van der Waals surface area contributed by atoms with Crippen LogP contribution >= 0.6 is 11.8 Å². The van der Waals surface area contributed by atoms with Crippen LogP contribution in [0.15, 0.2) is 0 Å². The van der Waals surface area contributed by atoms with Crippen LogP contribution in [0.4, 0.5) is 0 Å². The summed E-state index contributed by atoms with van der Waals surface area (Å²) in [5.74, 6) is 1.19. The average molecular weight is 244 g/mol. The largest absolute Gasteiger partial charge is 0.329 e. The lowest BCUT2D eigenvalue weighted by atomic mass is 9.86. The highest BCUT2D eigenvalue weighted by atomic mass is 32.2. The van der Waals surface area contributed by atoms with Crippen molar-refractivity contribution in [2.24, 2.45) is 11.1 Å². The van der Waals surface area contributed by atoms with Gasteiger partial charge in [0.2, 0.25) is 0 Å². The van der Waals surface area contributed by atoms with Gasteiger partial charge in [0.1, 0.15) is 0 Å². The maximum absolute atomic E-state index is 6.08. The Morgan fingerprint density at radius 3 is 2.38 bits per heavy atom. The molecule has 0 aromatic heterocycles. The van der Waals surface area contributed by atoms with Gasteiger partial charge in [0.05, 0.1) is 0 Å². The van der Waals surface area contributed by atoms with Crippen LogP contribution in [0, 0.1) is 5.41 Å². The first-order valence-electron chi connectivity index (χ1n) is 6.29. The van der Waals surface area contributed by atoms with Gasteiger partial charge in [-0.05, 0) is 44.9 Å². The van der Waals surface area contributed by atoms with Crippen molar-refractivity contribution in [3.05, 3.63) is 0 Å². The van der Waals surface area contributed by atoms with Crippen molar-refractivity contribution in [1.82, 2.24) is 4.90 Å². The standard InChI is InChI=1S/C13H28N2S/c1-11(8-16-5)15(4)13(10-14)7-6-12(2,3)9-13/h11H,6-10,14H2,1-5H3.